The number of rotatable bonds is 8. The molecule has 28 heavy (non-hydrogen) atoms. The molecule has 0 spiro atoms. The Labute approximate surface area is 166 Å². The molecule has 0 saturated carbocycles. The van der Waals surface area contributed by atoms with Crippen molar-refractivity contribution in [3.05, 3.63) is 87.2 Å². The quantitative estimate of drug-likeness (QED) is 0.603. The van der Waals surface area contributed by atoms with Crippen molar-refractivity contribution in [3.8, 4) is 5.75 Å². The molecule has 3 rings (SSSR count). The third kappa shape index (κ3) is 5.25. The number of aliphatic hydroxyl groups excluding tert-OH is 1. The molecule has 0 radical (unpaired) electrons. The fraction of sp³-hybridized carbons (Fsp3) is 0.200. The van der Waals surface area contributed by atoms with Gasteiger partial charge in [-0.25, -0.2) is 0 Å². The van der Waals surface area contributed by atoms with E-state index in [1.54, 1.807) is 30.3 Å². The average molecular weight is 403 g/mol. The summed E-state index contributed by atoms with van der Waals surface area (Å²) in [6.45, 7) is -0.0583. The number of benzene rings is 1. The number of aromatic nitrogens is 1. The van der Waals surface area contributed by atoms with Crippen molar-refractivity contribution in [2.45, 2.75) is 26.3 Å². The van der Waals surface area contributed by atoms with Crippen LogP contribution in [0.5, 0.6) is 5.75 Å². The maximum absolute atomic E-state index is 12.2. The molecule has 2 N–H and O–H groups in total. The Bertz CT molecular complexity index is 998. The summed E-state index contributed by atoms with van der Waals surface area (Å²) in [6, 6.07) is 11.8. The highest BCUT2D eigenvalue weighted by Gasteiger charge is 2.11. The van der Waals surface area contributed by atoms with Crippen molar-refractivity contribution in [3.63, 3.8) is 0 Å². The fourth-order valence-corrected chi connectivity index (χ4v) is 2.80. The van der Waals surface area contributed by atoms with Crippen LogP contribution in [-0.4, -0.2) is 15.6 Å². The number of hydrogen-bond acceptors (Lipinski definition) is 5. The summed E-state index contributed by atoms with van der Waals surface area (Å²) in [5.74, 6) is 0.410. The predicted octanol–water partition coefficient (Wildman–Crippen LogP) is 2.48. The number of amides is 1. The van der Waals surface area contributed by atoms with Crippen LogP contribution in [0.1, 0.15) is 17.0 Å². The number of halogens is 1. The smallest absolute Gasteiger partial charge is 0.240 e. The van der Waals surface area contributed by atoms with E-state index in [9.17, 15) is 14.7 Å². The summed E-state index contributed by atoms with van der Waals surface area (Å²) in [5, 5.41) is 12.8. The first-order valence-corrected chi connectivity index (χ1v) is 8.93. The van der Waals surface area contributed by atoms with Crippen molar-refractivity contribution < 1.29 is 19.1 Å². The molecule has 0 bridgehead atoms. The van der Waals surface area contributed by atoms with Gasteiger partial charge in [-0.2, -0.15) is 0 Å². The van der Waals surface area contributed by atoms with Crippen LogP contribution in [-0.2, 0) is 31.1 Å². The zero-order chi connectivity index (χ0) is 19.9. The number of pyridine rings is 1. The normalized spacial score (nSPS) is 10.6. The first-order chi connectivity index (χ1) is 13.5. The monoisotopic (exact) mass is 402 g/mol. The summed E-state index contributed by atoms with van der Waals surface area (Å²) in [7, 11) is 0. The highest BCUT2D eigenvalue weighted by Crippen LogP contribution is 2.14. The minimum atomic E-state index is -0.380. The van der Waals surface area contributed by atoms with Gasteiger partial charge >= 0.3 is 0 Å². The van der Waals surface area contributed by atoms with Gasteiger partial charge < -0.3 is 24.1 Å². The molecule has 7 nitrogen and oxygen atoms in total. The van der Waals surface area contributed by atoms with Crippen LogP contribution >= 0.6 is 11.6 Å². The highest BCUT2D eigenvalue weighted by atomic mass is 35.5. The van der Waals surface area contributed by atoms with Gasteiger partial charge in [-0.05, 0) is 29.8 Å². The van der Waals surface area contributed by atoms with Crippen molar-refractivity contribution >= 4 is 17.5 Å². The second-order valence-electron chi connectivity index (χ2n) is 6.05. The minimum Gasteiger partial charge on any atom is -0.483 e. The number of carbonyl (C=O) groups excluding carboxylic acids is 1. The van der Waals surface area contributed by atoms with Crippen LogP contribution in [0.25, 0.3) is 0 Å². The van der Waals surface area contributed by atoms with Gasteiger partial charge in [0.15, 0.2) is 5.75 Å². The molecular formula is C20H19ClN2O5. The third-order valence-electron chi connectivity index (χ3n) is 3.98. The van der Waals surface area contributed by atoms with Crippen LogP contribution in [0.15, 0.2) is 64.1 Å². The summed E-state index contributed by atoms with van der Waals surface area (Å²) in [6.07, 6.45) is 2.95. The van der Waals surface area contributed by atoms with Crippen LogP contribution in [0.3, 0.4) is 0 Å². The van der Waals surface area contributed by atoms with Gasteiger partial charge in [-0.15, -0.1) is 0 Å². The molecule has 0 unspecified atom stereocenters. The first kappa shape index (κ1) is 19.7. The van der Waals surface area contributed by atoms with Gasteiger partial charge in [0.25, 0.3) is 0 Å². The van der Waals surface area contributed by atoms with E-state index in [2.05, 4.69) is 5.32 Å². The standard InChI is InChI=1S/C20H19ClN2O5/c21-15-4-1-3-14(7-15)13-28-19-10-23(16(12-24)8-18(19)25)11-20(26)22-9-17-5-2-6-27-17/h1-8,10,24H,9,11-13H2,(H,22,26). The molecule has 0 atom stereocenters. The van der Waals surface area contributed by atoms with Crippen LogP contribution < -0.4 is 15.5 Å². The lowest BCUT2D eigenvalue weighted by atomic mass is 10.2. The minimum absolute atomic E-state index is 0.0790. The van der Waals surface area contributed by atoms with E-state index in [4.69, 9.17) is 20.8 Å². The zero-order valence-corrected chi connectivity index (χ0v) is 15.7. The van der Waals surface area contributed by atoms with Crippen molar-refractivity contribution in [2.24, 2.45) is 0 Å². The fourth-order valence-electron chi connectivity index (χ4n) is 2.58. The Balaban J connectivity index is 1.70. The van der Waals surface area contributed by atoms with Gasteiger partial charge in [-0.3, -0.25) is 9.59 Å². The Morgan fingerprint density at radius 3 is 2.82 bits per heavy atom. The molecule has 1 amide bonds. The first-order valence-electron chi connectivity index (χ1n) is 8.55. The van der Waals surface area contributed by atoms with E-state index >= 15 is 0 Å². The van der Waals surface area contributed by atoms with E-state index in [1.165, 1.54) is 23.1 Å². The number of aliphatic hydroxyl groups is 1. The van der Waals surface area contributed by atoms with Gasteiger partial charge in [0.05, 0.1) is 25.6 Å². The molecule has 146 valence electrons. The summed E-state index contributed by atoms with van der Waals surface area (Å²) in [4.78, 5) is 24.4. The molecule has 1 aromatic carbocycles. The lowest BCUT2D eigenvalue weighted by Crippen LogP contribution is -2.28. The molecule has 2 heterocycles. The number of hydrogen-bond donors (Lipinski definition) is 2. The SMILES string of the molecule is O=C(Cn1cc(OCc2cccc(Cl)c2)c(=O)cc1CO)NCc1ccco1. The molecule has 3 aromatic rings. The lowest BCUT2D eigenvalue weighted by Gasteiger charge is -2.14. The molecule has 0 saturated heterocycles. The van der Waals surface area contributed by atoms with E-state index in [1.807, 2.05) is 6.07 Å². The largest absolute Gasteiger partial charge is 0.483 e. The summed E-state index contributed by atoms with van der Waals surface area (Å²) >= 11 is 5.95. The number of nitrogens with one attached hydrogen (secondary N) is 1. The molecule has 0 fully saturated rings. The van der Waals surface area contributed by atoms with E-state index < -0.39 is 0 Å². The third-order valence-corrected chi connectivity index (χ3v) is 4.22. The second kappa shape index (κ2) is 9.25. The number of ether oxygens (including phenoxy) is 1. The van der Waals surface area contributed by atoms with Crippen LogP contribution in [0.4, 0.5) is 0 Å². The van der Waals surface area contributed by atoms with Gasteiger partial charge in [-0.1, -0.05) is 23.7 Å². The number of furan rings is 1. The lowest BCUT2D eigenvalue weighted by molar-refractivity contribution is -0.122. The maximum Gasteiger partial charge on any atom is 0.240 e. The average Bonchev–Trinajstić information content (AvgIpc) is 3.20. The summed E-state index contributed by atoms with van der Waals surface area (Å²) < 4.78 is 12.2. The van der Waals surface area contributed by atoms with Crippen LogP contribution in [0.2, 0.25) is 5.02 Å². The Hall–Kier alpha value is -3.03. The zero-order valence-electron chi connectivity index (χ0n) is 14.9. The Kier molecular flexibility index (Phi) is 6.52. The highest BCUT2D eigenvalue weighted by molar-refractivity contribution is 6.30. The summed E-state index contributed by atoms with van der Waals surface area (Å²) in [5.41, 5.74) is 0.743. The predicted molar refractivity (Wildman–Crippen MR) is 103 cm³/mol. The second-order valence-corrected chi connectivity index (χ2v) is 6.49. The van der Waals surface area contributed by atoms with E-state index in [0.29, 0.717) is 16.5 Å². The number of carbonyl (C=O) groups is 1. The van der Waals surface area contributed by atoms with Gasteiger partial charge in [0.2, 0.25) is 11.3 Å². The molecule has 2 aromatic heterocycles. The van der Waals surface area contributed by atoms with Crippen LogP contribution in [0, 0.1) is 0 Å². The Morgan fingerprint density at radius 2 is 2.11 bits per heavy atom. The van der Waals surface area contributed by atoms with Crippen molar-refractivity contribution in [1.82, 2.24) is 9.88 Å². The molecule has 0 aliphatic rings. The van der Waals surface area contributed by atoms with E-state index in [0.717, 1.165) is 5.56 Å². The Morgan fingerprint density at radius 1 is 1.25 bits per heavy atom. The van der Waals surface area contributed by atoms with Gasteiger partial charge in [0.1, 0.15) is 18.9 Å². The molecular weight excluding hydrogens is 384 g/mol. The van der Waals surface area contributed by atoms with E-state index in [-0.39, 0.29) is 43.4 Å². The van der Waals surface area contributed by atoms with Crippen molar-refractivity contribution in [1.29, 1.82) is 0 Å². The van der Waals surface area contributed by atoms with Gasteiger partial charge in [0, 0.05) is 16.8 Å². The maximum atomic E-state index is 12.2. The molecule has 0 aliphatic heterocycles. The molecule has 0 aliphatic carbocycles. The van der Waals surface area contributed by atoms with Crippen molar-refractivity contribution in [2.75, 3.05) is 0 Å². The molecule has 8 heteroatoms. The topological polar surface area (TPSA) is 93.7 Å². The number of nitrogens with zero attached hydrogens (tertiary/aromatic N) is 1.